The highest BCUT2D eigenvalue weighted by molar-refractivity contribution is 8.14. The summed E-state index contributed by atoms with van der Waals surface area (Å²) in [6.07, 6.45) is 10.0. The number of ketones is 1. The zero-order valence-corrected chi connectivity index (χ0v) is 18.6. The van der Waals surface area contributed by atoms with Crippen molar-refractivity contribution in [1.82, 2.24) is 0 Å². The molecular formula is C24H32O4S. The van der Waals surface area contributed by atoms with E-state index in [0.717, 1.165) is 44.9 Å². The topological polar surface area (TPSA) is 60.4 Å². The van der Waals surface area contributed by atoms with Gasteiger partial charge in [-0.05, 0) is 74.2 Å². The van der Waals surface area contributed by atoms with Crippen molar-refractivity contribution in [3.63, 3.8) is 0 Å². The molecule has 4 unspecified atom stereocenters. The number of hydrogen-bond donors (Lipinski definition) is 0. The van der Waals surface area contributed by atoms with Crippen molar-refractivity contribution in [1.29, 1.82) is 0 Å². The van der Waals surface area contributed by atoms with Crippen LogP contribution in [0.1, 0.15) is 78.6 Å². The van der Waals surface area contributed by atoms with Crippen LogP contribution >= 0.6 is 11.8 Å². The van der Waals surface area contributed by atoms with Gasteiger partial charge in [0.25, 0.3) is 0 Å². The van der Waals surface area contributed by atoms with Crippen molar-refractivity contribution in [2.75, 3.05) is 0 Å². The molecule has 0 aromatic carbocycles. The molecule has 4 nitrogen and oxygen atoms in total. The van der Waals surface area contributed by atoms with Gasteiger partial charge in [0.2, 0.25) is 0 Å². The minimum absolute atomic E-state index is 0.0119. The van der Waals surface area contributed by atoms with Gasteiger partial charge < -0.3 is 4.74 Å². The quantitative estimate of drug-likeness (QED) is 0.572. The lowest BCUT2D eigenvalue weighted by Gasteiger charge is -2.61. The molecule has 5 heteroatoms. The first-order valence-electron chi connectivity index (χ1n) is 11.3. The molecule has 0 aromatic heterocycles. The van der Waals surface area contributed by atoms with E-state index in [-0.39, 0.29) is 38.5 Å². The Bertz CT molecular complexity index is 818. The number of carbonyl (C=O) groups excluding carboxylic acids is 3. The summed E-state index contributed by atoms with van der Waals surface area (Å²) in [5, 5.41) is 0.409. The largest absolute Gasteiger partial charge is 0.458 e. The molecule has 1 aliphatic heterocycles. The molecule has 1 spiro atoms. The zero-order chi connectivity index (χ0) is 20.6. The molecule has 0 aromatic rings. The number of allylic oxidation sites excluding steroid dienone is 1. The van der Waals surface area contributed by atoms with Crippen LogP contribution in [0.4, 0.5) is 0 Å². The summed E-state index contributed by atoms with van der Waals surface area (Å²) in [5.74, 6) is 1.67. The van der Waals surface area contributed by atoms with E-state index < -0.39 is 0 Å². The van der Waals surface area contributed by atoms with Crippen LogP contribution in [-0.4, -0.2) is 27.7 Å². The van der Waals surface area contributed by atoms with Crippen molar-refractivity contribution in [2.45, 2.75) is 89.4 Å². The molecule has 5 rings (SSSR count). The maximum atomic E-state index is 12.2. The molecule has 4 fully saturated rings. The molecule has 0 bridgehead atoms. The van der Waals surface area contributed by atoms with Crippen molar-refractivity contribution < 1.29 is 19.1 Å². The summed E-state index contributed by atoms with van der Waals surface area (Å²) < 4.78 is 6.06. The van der Waals surface area contributed by atoms with E-state index >= 15 is 0 Å². The number of ether oxygens (including phenoxy) is 1. The van der Waals surface area contributed by atoms with E-state index in [1.54, 1.807) is 6.92 Å². The first-order chi connectivity index (χ1) is 13.7. The Balaban J connectivity index is 1.56. The second kappa shape index (κ2) is 6.45. The molecule has 158 valence electrons. The predicted molar refractivity (Wildman–Crippen MR) is 112 cm³/mol. The Kier molecular flexibility index (Phi) is 4.41. The first-order valence-corrected chi connectivity index (χ1v) is 12.2. The number of esters is 1. The predicted octanol–water partition coefficient (Wildman–Crippen LogP) is 4.85. The van der Waals surface area contributed by atoms with Crippen LogP contribution in [0.5, 0.6) is 0 Å². The van der Waals surface area contributed by atoms with Gasteiger partial charge in [0.15, 0.2) is 10.9 Å². The maximum Gasteiger partial charge on any atom is 0.306 e. The molecule has 0 radical (unpaired) electrons. The van der Waals surface area contributed by atoms with Gasteiger partial charge in [-0.1, -0.05) is 31.2 Å². The van der Waals surface area contributed by atoms with E-state index in [1.165, 1.54) is 17.3 Å². The summed E-state index contributed by atoms with van der Waals surface area (Å²) in [5.41, 5.74) is 1.09. The number of thioether (sulfide) groups is 1. The second-order valence-corrected chi connectivity index (χ2v) is 12.1. The fraction of sp³-hybridized carbons (Fsp3) is 0.792. The van der Waals surface area contributed by atoms with Crippen LogP contribution in [-0.2, 0) is 19.1 Å². The van der Waals surface area contributed by atoms with Crippen LogP contribution in [0.25, 0.3) is 0 Å². The lowest BCUT2D eigenvalue weighted by atomic mass is 9.46. The van der Waals surface area contributed by atoms with E-state index in [1.807, 2.05) is 6.08 Å². The van der Waals surface area contributed by atoms with E-state index in [0.29, 0.717) is 30.6 Å². The van der Waals surface area contributed by atoms with Crippen LogP contribution < -0.4 is 0 Å². The van der Waals surface area contributed by atoms with E-state index in [9.17, 15) is 14.4 Å². The summed E-state index contributed by atoms with van der Waals surface area (Å²) in [7, 11) is 0. The van der Waals surface area contributed by atoms with Gasteiger partial charge in [-0.3, -0.25) is 14.4 Å². The number of fused-ring (bicyclic) bond motifs is 6. The zero-order valence-electron chi connectivity index (χ0n) is 17.8. The molecule has 4 aliphatic carbocycles. The fourth-order valence-electron chi connectivity index (χ4n) is 8.13. The lowest BCUT2D eigenvalue weighted by Crippen LogP contribution is -2.57. The summed E-state index contributed by atoms with van der Waals surface area (Å²) >= 11 is 1.50. The molecule has 0 N–H and O–H groups in total. The van der Waals surface area contributed by atoms with Crippen molar-refractivity contribution in [3.8, 4) is 0 Å². The maximum absolute atomic E-state index is 12.2. The van der Waals surface area contributed by atoms with Gasteiger partial charge in [-0.15, -0.1) is 0 Å². The third-order valence-electron chi connectivity index (χ3n) is 9.61. The Labute approximate surface area is 177 Å². The summed E-state index contributed by atoms with van der Waals surface area (Å²) in [6, 6.07) is 0. The standard InChI is InChI=1S/C24H32O4S/c1-14(25)29-19-13-15-12-16(26)4-8-22(15,2)17-5-9-23(3)18(21(17)19)6-10-24(23)11-7-20(27)28-24/h12,17-19,21H,4-11,13H2,1-3H3/t17?,18?,19?,21?,22-,23-,24+/m0/s1. The van der Waals surface area contributed by atoms with Crippen LogP contribution in [0.2, 0.25) is 0 Å². The molecule has 5 aliphatic rings. The van der Waals surface area contributed by atoms with Gasteiger partial charge in [0.1, 0.15) is 5.60 Å². The SMILES string of the molecule is CC(=O)SC1CC2=CC(=O)CC[C@]2(C)C2CC[C@@]3(C)C(CC[C@@]34CCC(=O)O4)C12. The molecule has 7 atom stereocenters. The highest BCUT2D eigenvalue weighted by Gasteiger charge is 2.68. The van der Waals surface area contributed by atoms with Gasteiger partial charge in [0.05, 0.1) is 0 Å². The summed E-state index contributed by atoms with van der Waals surface area (Å²) in [6.45, 7) is 6.42. The minimum atomic E-state index is -0.287. The molecule has 3 saturated carbocycles. The average molecular weight is 417 g/mol. The Morgan fingerprint density at radius 3 is 2.52 bits per heavy atom. The van der Waals surface area contributed by atoms with Crippen LogP contribution in [0.15, 0.2) is 11.6 Å². The van der Waals surface area contributed by atoms with Crippen LogP contribution in [0.3, 0.4) is 0 Å². The highest BCUT2D eigenvalue weighted by Crippen LogP contribution is 2.70. The minimum Gasteiger partial charge on any atom is -0.458 e. The molecule has 0 amide bonds. The highest BCUT2D eigenvalue weighted by atomic mass is 32.2. The fourth-order valence-corrected chi connectivity index (χ4v) is 9.36. The van der Waals surface area contributed by atoms with Crippen LogP contribution in [0, 0.1) is 28.6 Å². The third kappa shape index (κ3) is 2.68. The molecule has 29 heavy (non-hydrogen) atoms. The molecule has 1 saturated heterocycles. The lowest BCUT2D eigenvalue weighted by molar-refractivity contribution is -0.167. The first kappa shape index (κ1) is 19.8. The summed E-state index contributed by atoms with van der Waals surface area (Å²) in [4.78, 5) is 36.4. The van der Waals surface area contributed by atoms with Crippen molar-refractivity contribution >= 4 is 28.6 Å². The Hall–Kier alpha value is -1.10. The van der Waals surface area contributed by atoms with E-state index in [4.69, 9.17) is 4.74 Å². The number of rotatable bonds is 1. The monoisotopic (exact) mass is 416 g/mol. The normalized spacial score (nSPS) is 48.6. The number of hydrogen-bond acceptors (Lipinski definition) is 5. The van der Waals surface area contributed by atoms with Crippen molar-refractivity contribution in [2.24, 2.45) is 28.6 Å². The molecular weight excluding hydrogens is 384 g/mol. The Morgan fingerprint density at radius 2 is 1.83 bits per heavy atom. The van der Waals surface area contributed by atoms with E-state index in [2.05, 4.69) is 13.8 Å². The third-order valence-corrected chi connectivity index (χ3v) is 10.7. The van der Waals surface area contributed by atoms with Gasteiger partial charge in [-0.2, -0.15) is 0 Å². The van der Waals surface area contributed by atoms with Gasteiger partial charge in [-0.25, -0.2) is 0 Å². The van der Waals surface area contributed by atoms with Gasteiger partial charge >= 0.3 is 5.97 Å². The second-order valence-electron chi connectivity index (χ2n) is 10.7. The Morgan fingerprint density at radius 1 is 1.07 bits per heavy atom. The average Bonchev–Trinajstić information content (AvgIpc) is 3.17. The van der Waals surface area contributed by atoms with Crippen molar-refractivity contribution in [3.05, 3.63) is 11.6 Å². The number of carbonyl (C=O) groups is 3. The smallest absolute Gasteiger partial charge is 0.306 e. The van der Waals surface area contributed by atoms with Gasteiger partial charge in [0, 0.05) is 30.4 Å². The molecule has 1 heterocycles.